The van der Waals surface area contributed by atoms with Crippen molar-refractivity contribution in [1.29, 1.82) is 5.26 Å². The van der Waals surface area contributed by atoms with E-state index in [9.17, 15) is 14.0 Å². The lowest BCUT2D eigenvalue weighted by Crippen LogP contribution is -2.00. The molecule has 0 spiro atoms. The Morgan fingerprint density at radius 2 is 1.83 bits per heavy atom. The van der Waals surface area contributed by atoms with Crippen molar-refractivity contribution >= 4 is 23.4 Å². The zero-order chi connectivity index (χ0) is 20.8. The molecule has 0 atom stereocenters. The summed E-state index contributed by atoms with van der Waals surface area (Å²) in [4.78, 5) is 4.49. The van der Waals surface area contributed by atoms with E-state index in [2.05, 4.69) is 4.98 Å². The number of thioether (sulfide) groups is 1. The van der Waals surface area contributed by atoms with Crippen molar-refractivity contribution in [1.82, 2.24) is 4.98 Å². The first kappa shape index (κ1) is 21.1. The SMILES string of the molecule is COc1ccc(CCSc2nc(-c3ccc(Cl)cc3)cc(C(F)F)c2C#N)cc1. The third kappa shape index (κ3) is 5.26. The molecule has 0 aliphatic rings. The minimum absolute atomic E-state index is 0.0718. The average molecular weight is 431 g/mol. The van der Waals surface area contributed by atoms with Crippen molar-refractivity contribution in [3.8, 4) is 23.1 Å². The van der Waals surface area contributed by atoms with E-state index in [4.69, 9.17) is 16.3 Å². The van der Waals surface area contributed by atoms with Gasteiger partial charge in [-0.1, -0.05) is 35.9 Å². The van der Waals surface area contributed by atoms with Crippen molar-refractivity contribution in [2.45, 2.75) is 17.9 Å². The number of halogens is 3. The number of pyridine rings is 1. The smallest absolute Gasteiger partial charge is 0.265 e. The van der Waals surface area contributed by atoms with Gasteiger partial charge < -0.3 is 4.74 Å². The largest absolute Gasteiger partial charge is 0.497 e. The second-order valence-corrected chi connectivity index (χ2v) is 7.66. The Morgan fingerprint density at radius 1 is 1.14 bits per heavy atom. The third-order valence-corrected chi connectivity index (χ3v) is 5.52. The zero-order valence-electron chi connectivity index (χ0n) is 15.5. The molecule has 0 saturated carbocycles. The molecular formula is C22H17ClF2N2OS. The topological polar surface area (TPSA) is 45.9 Å². The summed E-state index contributed by atoms with van der Waals surface area (Å²) in [5, 5.41) is 10.3. The third-order valence-electron chi connectivity index (χ3n) is 4.29. The minimum Gasteiger partial charge on any atom is -0.497 e. The molecule has 29 heavy (non-hydrogen) atoms. The Hall–Kier alpha value is -2.62. The first-order valence-corrected chi connectivity index (χ1v) is 10.1. The summed E-state index contributed by atoms with van der Waals surface area (Å²) < 4.78 is 32.3. The van der Waals surface area contributed by atoms with Crippen molar-refractivity contribution in [3.63, 3.8) is 0 Å². The molecule has 0 aliphatic heterocycles. The molecule has 0 fully saturated rings. The van der Waals surface area contributed by atoms with Gasteiger partial charge in [0.15, 0.2) is 0 Å². The van der Waals surface area contributed by atoms with Gasteiger partial charge in [0.25, 0.3) is 6.43 Å². The molecule has 3 rings (SSSR count). The van der Waals surface area contributed by atoms with E-state index < -0.39 is 6.43 Å². The molecule has 0 radical (unpaired) electrons. The van der Waals surface area contributed by atoms with Gasteiger partial charge >= 0.3 is 0 Å². The summed E-state index contributed by atoms with van der Waals surface area (Å²) in [6.45, 7) is 0. The quantitative estimate of drug-likeness (QED) is 0.398. The van der Waals surface area contributed by atoms with Crippen LogP contribution in [0.25, 0.3) is 11.3 Å². The molecule has 1 heterocycles. The number of methoxy groups -OCH3 is 1. The molecule has 0 bridgehead atoms. The Labute approximate surface area is 177 Å². The lowest BCUT2D eigenvalue weighted by atomic mass is 10.1. The molecule has 3 aromatic rings. The van der Waals surface area contributed by atoms with Crippen LogP contribution in [-0.4, -0.2) is 17.8 Å². The van der Waals surface area contributed by atoms with Gasteiger partial charge in [0, 0.05) is 21.9 Å². The van der Waals surface area contributed by atoms with Crippen LogP contribution in [0.1, 0.15) is 23.1 Å². The summed E-state index contributed by atoms with van der Waals surface area (Å²) in [5.74, 6) is 1.37. The molecule has 0 amide bonds. The second-order valence-electron chi connectivity index (χ2n) is 6.14. The van der Waals surface area contributed by atoms with E-state index in [1.54, 1.807) is 31.4 Å². The summed E-state index contributed by atoms with van der Waals surface area (Å²) >= 11 is 7.21. The van der Waals surface area contributed by atoms with Crippen LogP contribution < -0.4 is 4.74 Å². The number of ether oxygens (including phenoxy) is 1. The first-order chi connectivity index (χ1) is 14.0. The number of benzene rings is 2. The summed E-state index contributed by atoms with van der Waals surface area (Å²) in [6.07, 6.45) is -2.06. The standard InChI is InChI=1S/C22H17ClF2N2OS/c1-28-17-8-2-14(3-9-17)10-11-29-22-19(13-26)18(21(24)25)12-20(27-22)15-4-6-16(23)7-5-15/h2-9,12,21H,10-11H2,1H3. The van der Waals surface area contributed by atoms with Gasteiger partial charge in [-0.2, -0.15) is 5.26 Å². The van der Waals surface area contributed by atoms with Crippen molar-refractivity contribution in [3.05, 3.63) is 76.3 Å². The van der Waals surface area contributed by atoms with Gasteiger partial charge in [0.2, 0.25) is 0 Å². The molecule has 0 saturated heterocycles. The number of hydrogen-bond donors (Lipinski definition) is 0. The van der Waals surface area contributed by atoms with Crippen LogP contribution in [-0.2, 0) is 6.42 Å². The fraction of sp³-hybridized carbons (Fsp3) is 0.182. The molecule has 2 aromatic carbocycles. The van der Waals surface area contributed by atoms with E-state index in [0.29, 0.717) is 33.5 Å². The van der Waals surface area contributed by atoms with Crippen LogP contribution in [0.3, 0.4) is 0 Å². The van der Waals surface area contributed by atoms with Crippen LogP contribution in [0.2, 0.25) is 5.02 Å². The maximum Gasteiger partial charge on any atom is 0.265 e. The highest BCUT2D eigenvalue weighted by Gasteiger charge is 2.20. The van der Waals surface area contributed by atoms with Crippen LogP contribution in [0, 0.1) is 11.3 Å². The first-order valence-electron chi connectivity index (χ1n) is 8.76. The number of alkyl halides is 2. The minimum atomic E-state index is -2.76. The lowest BCUT2D eigenvalue weighted by molar-refractivity contribution is 0.150. The van der Waals surface area contributed by atoms with Gasteiger partial charge in [-0.15, -0.1) is 11.8 Å². The summed E-state index contributed by atoms with van der Waals surface area (Å²) in [7, 11) is 1.61. The van der Waals surface area contributed by atoms with Gasteiger partial charge in [-0.3, -0.25) is 0 Å². The zero-order valence-corrected chi connectivity index (χ0v) is 17.1. The van der Waals surface area contributed by atoms with Crippen molar-refractivity contribution < 1.29 is 13.5 Å². The molecule has 1 aromatic heterocycles. The molecule has 148 valence electrons. The molecular weight excluding hydrogens is 414 g/mol. The van der Waals surface area contributed by atoms with Crippen molar-refractivity contribution in [2.75, 3.05) is 12.9 Å². The maximum atomic E-state index is 13.6. The van der Waals surface area contributed by atoms with Gasteiger partial charge in [-0.05, 0) is 42.3 Å². The number of rotatable bonds is 7. The van der Waals surface area contributed by atoms with Gasteiger partial charge in [-0.25, -0.2) is 13.8 Å². The highest BCUT2D eigenvalue weighted by molar-refractivity contribution is 7.99. The molecule has 0 unspecified atom stereocenters. The van der Waals surface area contributed by atoms with E-state index >= 15 is 0 Å². The van der Waals surface area contributed by atoms with Crippen molar-refractivity contribution in [2.24, 2.45) is 0 Å². The van der Waals surface area contributed by atoms with Gasteiger partial charge in [0.1, 0.15) is 16.8 Å². The van der Waals surface area contributed by atoms with E-state index in [1.807, 2.05) is 30.3 Å². The number of nitriles is 1. The van der Waals surface area contributed by atoms with Crippen LogP contribution >= 0.6 is 23.4 Å². The lowest BCUT2D eigenvalue weighted by Gasteiger charge is -2.12. The molecule has 7 heteroatoms. The average Bonchev–Trinajstić information content (AvgIpc) is 2.74. The molecule has 3 nitrogen and oxygen atoms in total. The Kier molecular flexibility index (Phi) is 7.08. The monoisotopic (exact) mass is 430 g/mol. The van der Waals surface area contributed by atoms with Crippen LogP contribution in [0.15, 0.2) is 59.6 Å². The Morgan fingerprint density at radius 3 is 2.41 bits per heavy atom. The highest BCUT2D eigenvalue weighted by Crippen LogP contribution is 2.34. The maximum absolute atomic E-state index is 13.6. The number of aryl methyl sites for hydroxylation is 1. The number of hydrogen-bond acceptors (Lipinski definition) is 4. The highest BCUT2D eigenvalue weighted by atomic mass is 35.5. The fourth-order valence-electron chi connectivity index (χ4n) is 2.76. The summed E-state index contributed by atoms with van der Waals surface area (Å²) in [5.41, 5.74) is 1.76. The van der Waals surface area contributed by atoms with E-state index in [0.717, 1.165) is 11.3 Å². The predicted octanol–water partition coefficient (Wildman–Crippen LogP) is 6.55. The van der Waals surface area contributed by atoms with E-state index in [1.165, 1.54) is 17.8 Å². The van der Waals surface area contributed by atoms with E-state index in [-0.39, 0.29) is 11.1 Å². The Balaban J connectivity index is 1.87. The Bertz CT molecular complexity index is 1020. The van der Waals surface area contributed by atoms with Crippen LogP contribution in [0.4, 0.5) is 8.78 Å². The molecule has 0 aliphatic carbocycles. The second kappa shape index (κ2) is 9.73. The molecule has 0 N–H and O–H groups in total. The predicted molar refractivity (Wildman–Crippen MR) is 112 cm³/mol. The number of aromatic nitrogens is 1. The fourth-order valence-corrected chi connectivity index (χ4v) is 3.88. The normalized spacial score (nSPS) is 10.8. The summed E-state index contributed by atoms with van der Waals surface area (Å²) in [6, 6.07) is 17.6. The van der Waals surface area contributed by atoms with Crippen LogP contribution in [0.5, 0.6) is 5.75 Å². The number of nitrogens with zero attached hydrogens (tertiary/aromatic N) is 2. The van der Waals surface area contributed by atoms with Gasteiger partial charge in [0.05, 0.1) is 18.4 Å².